The minimum Gasteiger partial charge on any atom is -0.330 e. The predicted octanol–water partition coefficient (Wildman–Crippen LogP) is 4.10. The van der Waals surface area contributed by atoms with Crippen LogP contribution in [0.5, 0.6) is 0 Å². The summed E-state index contributed by atoms with van der Waals surface area (Å²) in [4.78, 5) is 2.49. The van der Waals surface area contributed by atoms with E-state index in [9.17, 15) is 4.39 Å². The molecule has 0 bridgehead atoms. The minimum atomic E-state index is -0.182. The average Bonchev–Trinajstić information content (AvgIpc) is 2.64. The molecule has 2 atom stereocenters. The fourth-order valence-corrected chi connectivity index (χ4v) is 3.53. The molecule has 0 aliphatic carbocycles. The van der Waals surface area contributed by atoms with Crippen LogP contribution < -0.4 is 5.73 Å². The molecule has 2 nitrogen and oxygen atoms in total. The van der Waals surface area contributed by atoms with Crippen LogP contribution in [0.1, 0.15) is 44.2 Å². The van der Waals surface area contributed by atoms with E-state index >= 15 is 0 Å². The van der Waals surface area contributed by atoms with Crippen molar-refractivity contribution in [2.45, 2.75) is 38.6 Å². The summed E-state index contributed by atoms with van der Waals surface area (Å²) in [5, 5.41) is 0. The molecule has 0 saturated carbocycles. The first-order valence-corrected chi connectivity index (χ1v) is 8.35. The van der Waals surface area contributed by atoms with Crippen LogP contribution in [-0.4, -0.2) is 24.5 Å². The Labute approximate surface area is 129 Å². The van der Waals surface area contributed by atoms with E-state index in [1.54, 1.807) is 6.07 Å². The zero-order valence-corrected chi connectivity index (χ0v) is 13.7. The van der Waals surface area contributed by atoms with Crippen molar-refractivity contribution in [2.24, 2.45) is 11.7 Å². The van der Waals surface area contributed by atoms with Gasteiger partial charge >= 0.3 is 0 Å². The van der Waals surface area contributed by atoms with E-state index < -0.39 is 0 Å². The molecule has 4 heteroatoms. The SMILES string of the molecule is CCCN1CCCCC(CN)C1c1ccc(Br)c(F)c1. The summed E-state index contributed by atoms with van der Waals surface area (Å²) < 4.78 is 14.4. The number of halogens is 2. The van der Waals surface area contributed by atoms with Gasteiger partial charge < -0.3 is 5.73 Å². The van der Waals surface area contributed by atoms with Crippen molar-refractivity contribution in [1.29, 1.82) is 0 Å². The lowest BCUT2D eigenvalue weighted by molar-refractivity contribution is 0.158. The monoisotopic (exact) mass is 342 g/mol. The van der Waals surface area contributed by atoms with Crippen LogP contribution >= 0.6 is 15.9 Å². The molecule has 2 N–H and O–H groups in total. The van der Waals surface area contributed by atoms with Gasteiger partial charge in [0.2, 0.25) is 0 Å². The number of nitrogens with zero attached hydrogens (tertiary/aromatic N) is 1. The number of benzene rings is 1. The summed E-state index contributed by atoms with van der Waals surface area (Å²) in [7, 11) is 0. The molecular weight excluding hydrogens is 319 g/mol. The van der Waals surface area contributed by atoms with Crippen LogP contribution in [0, 0.1) is 11.7 Å². The highest BCUT2D eigenvalue weighted by atomic mass is 79.9. The number of nitrogens with two attached hydrogens (primary N) is 1. The van der Waals surface area contributed by atoms with Gasteiger partial charge in [-0.15, -0.1) is 0 Å². The second kappa shape index (κ2) is 7.53. The van der Waals surface area contributed by atoms with Gasteiger partial charge in [0.25, 0.3) is 0 Å². The number of hydrogen-bond acceptors (Lipinski definition) is 2. The van der Waals surface area contributed by atoms with Gasteiger partial charge in [-0.3, -0.25) is 4.90 Å². The summed E-state index contributed by atoms with van der Waals surface area (Å²) in [5.41, 5.74) is 7.06. The fraction of sp³-hybridized carbons (Fsp3) is 0.625. The molecule has 2 unspecified atom stereocenters. The van der Waals surface area contributed by atoms with Gasteiger partial charge in [-0.2, -0.15) is 0 Å². The molecule has 2 rings (SSSR count). The Kier molecular flexibility index (Phi) is 6.00. The zero-order valence-electron chi connectivity index (χ0n) is 12.1. The number of hydrogen-bond donors (Lipinski definition) is 1. The molecule has 1 aromatic rings. The molecule has 1 aliphatic heterocycles. The highest BCUT2D eigenvalue weighted by molar-refractivity contribution is 9.10. The van der Waals surface area contributed by atoms with Gasteiger partial charge in [-0.05, 0) is 78.4 Å². The molecular formula is C16H24BrFN2. The van der Waals surface area contributed by atoms with Crippen molar-refractivity contribution in [3.8, 4) is 0 Å². The van der Waals surface area contributed by atoms with Crippen LogP contribution in [0.15, 0.2) is 22.7 Å². The van der Waals surface area contributed by atoms with E-state index in [-0.39, 0.29) is 11.9 Å². The summed E-state index contributed by atoms with van der Waals surface area (Å²) >= 11 is 3.23. The van der Waals surface area contributed by atoms with Gasteiger partial charge in [0, 0.05) is 6.04 Å². The molecule has 1 aromatic carbocycles. The lowest BCUT2D eigenvalue weighted by Gasteiger charge is -2.35. The van der Waals surface area contributed by atoms with Gasteiger partial charge in [0.05, 0.1) is 4.47 Å². The van der Waals surface area contributed by atoms with Crippen molar-refractivity contribution >= 4 is 15.9 Å². The summed E-state index contributed by atoms with van der Waals surface area (Å²) in [5.74, 6) is 0.239. The minimum absolute atomic E-state index is 0.182. The largest absolute Gasteiger partial charge is 0.330 e. The lowest BCUT2D eigenvalue weighted by Crippen LogP contribution is -2.36. The Morgan fingerprint density at radius 1 is 1.40 bits per heavy atom. The molecule has 1 aliphatic rings. The van der Waals surface area contributed by atoms with Crippen molar-refractivity contribution in [3.63, 3.8) is 0 Å². The van der Waals surface area contributed by atoms with Crippen molar-refractivity contribution < 1.29 is 4.39 Å². The van der Waals surface area contributed by atoms with Gasteiger partial charge in [-0.25, -0.2) is 4.39 Å². The maximum Gasteiger partial charge on any atom is 0.137 e. The second-order valence-corrected chi connectivity index (χ2v) is 6.50. The van der Waals surface area contributed by atoms with Crippen LogP contribution in [0.4, 0.5) is 4.39 Å². The molecule has 0 aromatic heterocycles. The molecule has 1 fully saturated rings. The number of rotatable bonds is 4. The molecule has 1 saturated heterocycles. The van der Waals surface area contributed by atoms with Crippen molar-refractivity contribution in [1.82, 2.24) is 4.90 Å². The van der Waals surface area contributed by atoms with E-state index in [1.807, 2.05) is 12.1 Å². The van der Waals surface area contributed by atoms with Gasteiger partial charge in [0.15, 0.2) is 0 Å². The van der Waals surface area contributed by atoms with Crippen LogP contribution in [0.2, 0.25) is 0 Å². The van der Waals surface area contributed by atoms with Crippen LogP contribution in [0.3, 0.4) is 0 Å². The highest BCUT2D eigenvalue weighted by Gasteiger charge is 2.30. The third-order valence-electron chi connectivity index (χ3n) is 4.21. The number of likely N-dealkylation sites (tertiary alicyclic amines) is 1. The second-order valence-electron chi connectivity index (χ2n) is 5.65. The van der Waals surface area contributed by atoms with Crippen molar-refractivity contribution in [3.05, 3.63) is 34.1 Å². The average molecular weight is 343 g/mol. The van der Waals surface area contributed by atoms with Gasteiger partial charge in [0.1, 0.15) is 5.82 Å². The Morgan fingerprint density at radius 2 is 2.20 bits per heavy atom. The van der Waals surface area contributed by atoms with Crippen LogP contribution in [-0.2, 0) is 0 Å². The first-order chi connectivity index (χ1) is 9.67. The molecule has 0 radical (unpaired) electrons. The molecule has 1 heterocycles. The molecule has 20 heavy (non-hydrogen) atoms. The maximum absolute atomic E-state index is 13.9. The standard InChI is InChI=1S/C16H24BrFN2/c1-2-8-20-9-4-3-5-13(11-19)16(20)12-6-7-14(17)15(18)10-12/h6-7,10,13,16H,2-5,8-9,11,19H2,1H3. The fourth-order valence-electron chi connectivity index (χ4n) is 3.28. The third kappa shape index (κ3) is 3.60. The molecule has 0 amide bonds. The summed E-state index contributed by atoms with van der Waals surface area (Å²) in [6.45, 7) is 5.01. The van der Waals surface area contributed by atoms with E-state index in [0.29, 0.717) is 16.9 Å². The summed E-state index contributed by atoms with van der Waals surface area (Å²) in [6, 6.07) is 5.78. The van der Waals surface area contributed by atoms with E-state index in [0.717, 1.165) is 31.5 Å². The molecule has 0 spiro atoms. The third-order valence-corrected chi connectivity index (χ3v) is 4.85. The first kappa shape index (κ1) is 15.9. The predicted molar refractivity (Wildman–Crippen MR) is 85.1 cm³/mol. The Morgan fingerprint density at radius 3 is 2.85 bits per heavy atom. The van der Waals surface area contributed by atoms with E-state index in [4.69, 9.17) is 5.73 Å². The Bertz CT molecular complexity index is 438. The normalized spacial score (nSPS) is 24.6. The zero-order chi connectivity index (χ0) is 14.5. The topological polar surface area (TPSA) is 29.3 Å². The highest BCUT2D eigenvalue weighted by Crippen LogP contribution is 2.35. The Hall–Kier alpha value is -0.450. The van der Waals surface area contributed by atoms with Gasteiger partial charge in [-0.1, -0.05) is 19.4 Å². The van der Waals surface area contributed by atoms with E-state index in [2.05, 4.69) is 27.8 Å². The van der Waals surface area contributed by atoms with Crippen molar-refractivity contribution in [2.75, 3.05) is 19.6 Å². The quantitative estimate of drug-likeness (QED) is 0.892. The maximum atomic E-state index is 13.9. The Balaban J connectivity index is 2.34. The van der Waals surface area contributed by atoms with E-state index in [1.165, 1.54) is 12.8 Å². The summed E-state index contributed by atoms with van der Waals surface area (Å²) in [6.07, 6.45) is 4.69. The first-order valence-electron chi connectivity index (χ1n) is 7.56. The lowest BCUT2D eigenvalue weighted by atomic mass is 9.89. The smallest absolute Gasteiger partial charge is 0.137 e. The molecule has 112 valence electrons. The van der Waals surface area contributed by atoms with Crippen LogP contribution in [0.25, 0.3) is 0 Å².